The highest BCUT2D eigenvalue weighted by atomic mass is 19.2. The molecule has 0 spiro atoms. The Kier molecular flexibility index (Phi) is 8.12. The van der Waals surface area contributed by atoms with Crippen molar-refractivity contribution in [2.75, 3.05) is 6.61 Å². The summed E-state index contributed by atoms with van der Waals surface area (Å²) in [5.74, 6) is -0.951. The molecule has 4 heteroatoms. The van der Waals surface area contributed by atoms with Crippen LogP contribution in [-0.4, -0.2) is 6.61 Å². The molecule has 182 valence electrons. The van der Waals surface area contributed by atoms with Gasteiger partial charge in [0.05, 0.1) is 6.61 Å². The molecule has 4 rings (SSSR count). The van der Waals surface area contributed by atoms with Gasteiger partial charge >= 0.3 is 0 Å². The number of rotatable bonds is 8. The van der Waals surface area contributed by atoms with Crippen LogP contribution < -0.4 is 4.74 Å². The normalized spacial score (nSPS) is 18.1. The van der Waals surface area contributed by atoms with Crippen molar-refractivity contribution in [2.45, 2.75) is 44.9 Å². The Hall–Kier alpha value is -3.27. The maximum Gasteiger partial charge on any atom is 0.166 e. The predicted molar refractivity (Wildman–Crippen MR) is 138 cm³/mol. The SMILES string of the molecule is C=CCCOc1ccc(/C=C/c2ccc(-c3ccc(C4CCC(C)CC4)c(F)c3F)cc2)cc1F. The third-order valence-corrected chi connectivity index (χ3v) is 6.79. The second-order valence-corrected chi connectivity index (χ2v) is 9.36. The van der Waals surface area contributed by atoms with Crippen LogP contribution in [0.4, 0.5) is 13.2 Å². The van der Waals surface area contributed by atoms with Crippen molar-refractivity contribution in [3.05, 3.63) is 101 Å². The molecule has 0 heterocycles. The summed E-state index contributed by atoms with van der Waals surface area (Å²) < 4.78 is 49.5. The Bertz CT molecular complexity index is 1190. The highest BCUT2D eigenvalue weighted by molar-refractivity contribution is 5.72. The fourth-order valence-corrected chi connectivity index (χ4v) is 4.63. The van der Waals surface area contributed by atoms with E-state index in [0.717, 1.165) is 31.2 Å². The molecule has 0 amide bonds. The topological polar surface area (TPSA) is 9.23 Å². The quantitative estimate of drug-likeness (QED) is 0.179. The minimum atomic E-state index is -0.782. The molecule has 3 aromatic carbocycles. The molecule has 0 radical (unpaired) electrons. The third kappa shape index (κ3) is 6.05. The number of benzene rings is 3. The predicted octanol–water partition coefficient (Wildman–Crippen LogP) is 9.19. The van der Waals surface area contributed by atoms with Crippen molar-refractivity contribution in [2.24, 2.45) is 5.92 Å². The molecule has 0 atom stereocenters. The lowest BCUT2D eigenvalue weighted by Gasteiger charge is -2.27. The van der Waals surface area contributed by atoms with Gasteiger partial charge in [-0.05, 0) is 65.5 Å². The molecule has 3 aromatic rings. The van der Waals surface area contributed by atoms with Crippen LogP contribution in [-0.2, 0) is 0 Å². The van der Waals surface area contributed by atoms with Crippen LogP contribution in [0, 0.1) is 23.4 Å². The summed E-state index contributed by atoms with van der Waals surface area (Å²) in [4.78, 5) is 0. The molecule has 1 aliphatic rings. The molecule has 1 nitrogen and oxygen atoms in total. The molecule has 0 N–H and O–H groups in total. The Morgan fingerprint density at radius 1 is 0.857 bits per heavy atom. The Morgan fingerprint density at radius 2 is 1.54 bits per heavy atom. The van der Waals surface area contributed by atoms with Crippen molar-refractivity contribution >= 4 is 12.2 Å². The van der Waals surface area contributed by atoms with E-state index in [-0.39, 0.29) is 17.2 Å². The van der Waals surface area contributed by atoms with Gasteiger partial charge in [0.15, 0.2) is 23.2 Å². The van der Waals surface area contributed by atoms with Gasteiger partial charge < -0.3 is 4.74 Å². The first-order valence-corrected chi connectivity index (χ1v) is 12.3. The van der Waals surface area contributed by atoms with Gasteiger partial charge in [-0.15, -0.1) is 6.58 Å². The van der Waals surface area contributed by atoms with E-state index < -0.39 is 17.5 Å². The molecule has 0 aromatic heterocycles. The van der Waals surface area contributed by atoms with E-state index in [9.17, 15) is 13.2 Å². The molecule has 0 aliphatic heterocycles. The minimum absolute atomic E-state index is 0.0971. The van der Waals surface area contributed by atoms with Gasteiger partial charge in [0.2, 0.25) is 0 Å². The first-order chi connectivity index (χ1) is 17.0. The Balaban J connectivity index is 1.45. The van der Waals surface area contributed by atoms with Crippen LogP contribution in [0.25, 0.3) is 23.3 Å². The Morgan fingerprint density at radius 3 is 2.23 bits per heavy atom. The van der Waals surface area contributed by atoms with E-state index in [4.69, 9.17) is 4.74 Å². The minimum Gasteiger partial charge on any atom is -0.490 e. The molecule has 0 bridgehead atoms. The smallest absolute Gasteiger partial charge is 0.166 e. The van der Waals surface area contributed by atoms with Crippen molar-refractivity contribution < 1.29 is 17.9 Å². The van der Waals surface area contributed by atoms with Gasteiger partial charge in [-0.25, -0.2) is 13.2 Å². The highest BCUT2D eigenvalue weighted by Crippen LogP contribution is 2.38. The lowest BCUT2D eigenvalue weighted by atomic mass is 9.79. The van der Waals surface area contributed by atoms with Crippen molar-refractivity contribution in [1.29, 1.82) is 0 Å². The van der Waals surface area contributed by atoms with E-state index >= 15 is 0 Å². The van der Waals surface area contributed by atoms with E-state index in [2.05, 4.69) is 13.5 Å². The molecule has 1 aliphatic carbocycles. The summed E-state index contributed by atoms with van der Waals surface area (Å²) in [7, 11) is 0. The number of hydrogen-bond donors (Lipinski definition) is 0. The Labute approximate surface area is 206 Å². The van der Waals surface area contributed by atoms with E-state index in [1.165, 1.54) is 6.07 Å². The lowest BCUT2D eigenvalue weighted by molar-refractivity contribution is 0.308. The first-order valence-electron chi connectivity index (χ1n) is 12.3. The lowest BCUT2D eigenvalue weighted by Crippen LogP contribution is -2.13. The van der Waals surface area contributed by atoms with Crippen LogP contribution in [0.1, 0.15) is 61.6 Å². The third-order valence-electron chi connectivity index (χ3n) is 6.79. The average molecular weight is 477 g/mol. The zero-order valence-electron chi connectivity index (χ0n) is 20.1. The number of hydrogen-bond acceptors (Lipinski definition) is 1. The maximum atomic E-state index is 15.0. The van der Waals surface area contributed by atoms with Crippen molar-refractivity contribution in [3.8, 4) is 16.9 Å². The standard InChI is InChI=1S/C31H31F3O/c1-3-4-19-35-29-18-11-23(20-28(29)32)8-7-22-9-14-25(15-10-22)27-17-16-26(30(33)31(27)34)24-12-5-21(2)6-13-24/h3,7-11,14-18,20-21,24H,1,4-6,12-13,19H2,2H3/b8-7+. The summed E-state index contributed by atoms with van der Waals surface area (Å²) in [5.41, 5.74) is 2.95. The van der Waals surface area contributed by atoms with Crippen molar-refractivity contribution in [1.82, 2.24) is 0 Å². The summed E-state index contributed by atoms with van der Waals surface area (Å²) in [6, 6.07) is 15.5. The zero-order chi connectivity index (χ0) is 24.8. The van der Waals surface area contributed by atoms with Crippen LogP contribution in [0.2, 0.25) is 0 Å². The second-order valence-electron chi connectivity index (χ2n) is 9.36. The second kappa shape index (κ2) is 11.4. The molecule has 0 unspecified atom stereocenters. The van der Waals surface area contributed by atoms with Crippen LogP contribution >= 0.6 is 0 Å². The van der Waals surface area contributed by atoms with E-state index in [1.54, 1.807) is 48.6 Å². The van der Waals surface area contributed by atoms with E-state index in [0.29, 0.717) is 35.6 Å². The van der Waals surface area contributed by atoms with Crippen LogP contribution in [0.3, 0.4) is 0 Å². The van der Waals surface area contributed by atoms with Gasteiger partial charge in [0.25, 0.3) is 0 Å². The van der Waals surface area contributed by atoms with Gasteiger partial charge in [-0.2, -0.15) is 0 Å². The molecule has 0 saturated heterocycles. The average Bonchev–Trinajstić information content (AvgIpc) is 2.87. The molecular weight excluding hydrogens is 445 g/mol. The fourth-order valence-electron chi connectivity index (χ4n) is 4.63. The largest absolute Gasteiger partial charge is 0.490 e. The van der Waals surface area contributed by atoms with Gasteiger partial charge in [0.1, 0.15) is 0 Å². The van der Waals surface area contributed by atoms with Gasteiger partial charge in [0, 0.05) is 5.56 Å². The molecule has 1 saturated carbocycles. The van der Waals surface area contributed by atoms with Gasteiger partial charge in [-0.1, -0.05) is 80.5 Å². The maximum absolute atomic E-state index is 15.0. The van der Waals surface area contributed by atoms with Crippen molar-refractivity contribution in [3.63, 3.8) is 0 Å². The summed E-state index contributed by atoms with van der Waals surface area (Å²) in [6.45, 7) is 6.21. The monoisotopic (exact) mass is 476 g/mol. The fraction of sp³-hybridized carbons (Fsp3) is 0.290. The van der Waals surface area contributed by atoms with E-state index in [1.807, 2.05) is 18.2 Å². The molecule has 1 fully saturated rings. The number of ether oxygens (including phenoxy) is 1. The van der Waals surface area contributed by atoms with Crippen LogP contribution in [0.15, 0.2) is 67.3 Å². The summed E-state index contributed by atoms with van der Waals surface area (Å²) in [5, 5.41) is 0. The first kappa shape index (κ1) is 24.8. The zero-order valence-corrected chi connectivity index (χ0v) is 20.1. The molecular formula is C31H31F3O. The van der Waals surface area contributed by atoms with Gasteiger partial charge in [-0.3, -0.25) is 0 Å². The molecule has 35 heavy (non-hydrogen) atoms. The number of halogens is 3. The summed E-state index contributed by atoms with van der Waals surface area (Å²) >= 11 is 0. The van der Waals surface area contributed by atoms with Crippen LogP contribution in [0.5, 0.6) is 5.75 Å². The summed E-state index contributed by atoms with van der Waals surface area (Å²) in [6.07, 6.45) is 9.95. The highest BCUT2D eigenvalue weighted by Gasteiger charge is 2.25.